The van der Waals surface area contributed by atoms with E-state index in [4.69, 9.17) is 11.6 Å². The van der Waals surface area contributed by atoms with E-state index in [2.05, 4.69) is 42.0 Å². The highest BCUT2D eigenvalue weighted by Gasteiger charge is 2.05. The summed E-state index contributed by atoms with van der Waals surface area (Å²) >= 11 is 5.74. The van der Waals surface area contributed by atoms with Crippen molar-refractivity contribution in [3.05, 3.63) is 29.6 Å². The molecule has 2 nitrogen and oxygen atoms in total. The molecule has 0 fully saturated rings. The molecule has 16 heavy (non-hydrogen) atoms. The van der Waals surface area contributed by atoms with Gasteiger partial charge in [-0.2, -0.15) is 0 Å². The highest BCUT2D eigenvalue weighted by molar-refractivity contribution is 6.18. The fraction of sp³-hybridized carbons (Fsp3) is 0.462. The lowest BCUT2D eigenvalue weighted by Crippen LogP contribution is -1.95. The van der Waals surface area contributed by atoms with Gasteiger partial charge in [0.1, 0.15) is 5.82 Å². The van der Waals surface area contributed by atoms with E-state index in [0.717, 1.165) is 29.7 Å². The summed E-state index contributed by atoms with van der Waals surface area (Å²) in [4.78, 5) is 7.94. The van der Waals surface area contributed by atoms with Gasteiger partial charge >= 0.3 is 0 Å². The Morgan fingerprint density at radius 1 is 1.38 bits per heavy atom. The topological polar surface area (TPSA) is 28.7 Å². The third-order valence-corrected chi connectivity index (χ3v) is 2.77. The third kappa shape index (κ3) is 2.56. The lowest BCUT2D eigenvalue weighted by Gasteiger charge is -1.98. The normalized spacial score (nSPS) is 11.5. The van der Waals surface area contributed by atoms with Gasteiger partial charge < -0.3 is 4.98 Å². The van der Waals surface area contributed by atoms with Gasteiger partial charge in [0.15, 0.2) is 0 Å². The molecule has 0 saturated heterocycles. The van der Waals surface area contributed by atoms with Crippen LogP contribution in [0, 0.1) is 5.92 Å². The minimum atomic E-state index is 0.628. The van der Waals surface area contributed by atoms with E-state index in [9.17, 15) is 0 Å². The van der Waals surface area contributed by atoms with E-state index in [-0.39, 0.29) is 0 Å². The summed E-state index contributed by atoms with van der Waals surface area (Å²) in [6.45, 7) is 4.40. The standard InChI is InChI=1S/C13H17ClN2/c1-9(2)7-13-15-11-4-3-10(5-6-14)8-12(11)16-13/h3-4,8-9H,5-7H2,1-2H3,(H,15,16). The van der Waals surface area contributed by atoms with E-state index in [0.29, 0.717) is 11.8 Å². The first-order valence-electron chi connectivity index (χ1n) is 5.72. The molecule has 0 aliphatic heterocycles. The van der Waals surface area contributed by atoms with Crippen LogP contribution in [0.15, 0.2) is 18.2 Å². The minimum absolute atomic E-state index is 0.628. The smallest absolute Gasteiger partial charge is 0.107 e. The summed E-state index contributed by atoms with van der Waals surface area (Å²) < 4.78 is 0. The Morgan fingerprint density at radius 2 is 2.19 bits per heavy atom. The van der Waals surface area contributed by atoms with Gasteiger partial charge in [-0.05, 0) is 30.0 Å². The van der Waals surface area contributed by atoms with Crippen molar-refractivity contribution in [1.82, 2.24) is 9.97 Å². The summed E-state index contributed by atoms with van der Waals surface area (Å²) in [6, 6.07) is 6.32. The number of nitrogens with one attached hydrogen (secondary N) is 1. The van der Waals surface area contributed by atoms with Crippen molar-refractivity contribution in [3.63, 3.8) is 0 Å². The fourth-order valence-corrected chi connectivity index (χ4v) is 2.08. The molecule has 0 radical (unpaired) electrons. The Balaban J connectivity index is 2.30. The van der Waals surface area contributed by atoms with Crippen LogP contribution >= 0.6 is 11.6 Å². The van der Waals surface area contributed by atoms with Crippen molar-refractivity contribution < 1.29 is 0 Å². The van der Waals surface area contributed by atoms with E-state index in [1.165, 1.54) is 5.56 Å². The zero-order chi connectivity index (χ0) is 11.5. The average Bonchev–Trinajstić information content (AvgIpc) is 2.58. The van der Waals surface area contributed by atoms with Crippen molar-refractivity contribution >= 4 is 22.6 Å². The summed E-state index contributed by atoms with van der Waals surface area (Å²) in [5.74, 6) is 2.37. The Labute approximate surface area is 101 Å². The molecule has 86 valence electrons. The first-order valence-corrected chi connectivity index (χ1v) is 6.26. The Hall–Kier alpha value is -1.02. The van der Waals surface area contributed by atoms with Gasteiger partial charge in [-0.1, -0.05) is 19.9 Å². The third-order valence-electron chi connectivity index (χ3n) is 2.58. The number of aryl methyl sites for hydroxylation is 1. The molecule has 0 aliphatic carbocycles. The Kier molecular flexibility index (Phi) is 3.49. The molecule has 2 aromatic rings. The van der Waals surface area contributed by atoms with Crippen LogP contribution in [0.5, 0.6) is 0 Å². The molecular formula is C13H17ClN2. The highest BCUT2D eigenvalue weighted by Crippen LogP contribution is 2.16. The van der Waals surface area contributed by atoms with E-state index in [1.54, 1.807) is 0 Å². The SMILES string of the molecule is CC(C)Cc1nc2ccc(CCCl)cc2[nH]1. The van der Waals surface area contributed by atoms with E-state index < -0.39 is 0 Å². The number of fused-ring (bicyclic) bond motifs is 1. The molecule has 1 heterocycles. The fourth-order valence-electron chi connectivity index (χ4n) is 1.86. The molecule has 0 unspecified atom stereocenters. The largest absolute Gasteiger partial charge is 0.342 e. The number of aromatic nitrogens is 2. The second-order valence-corrected chi connectivity index (χ2v) is 4.95. The molecule has 0 bridgehead atoms. The van der Waals surface area contributed by atoms with Gasteiger partial charge in [-0.3, -0.25) is 0 Å². The molecule has 0 atom stereocenters. The van der Waals surface area contributed by atoms with Crippen molar-refractivity contribution in [3.8, 4) is 0 Å². The first kappa shape index (κ1) is 11.5. The van der Waals surface area contributed by atoms with Crippen molar-refractivity contribution in [2.24, 2.45) is 5.92 Å². The molecule has 0 aliphatic rings. The van der Waals surface area contributed by atoms with Gasteiger partial charge in [-0.25, -0.2) is 4.98 Å². The average molecular weight is 237 g/mol. The van der Waals surface area contributed by atoms with Gasteiger partial charge in [0.05, 0.1) is 11.0 Å². The van der Waals surface area contributed by atoms with Gasteiger partial charge in [0.25, 0.3) is 0 Å². The predicted octanol–water partition coefficient (Wildman–Crippen LogP) is 3.54. The van der Waals surface area contributed by atoms with Crippen molar-refractivity contribution in [2.75, 3.05) is 5.88 Å². The predicted molar refractivity (Wildman–Crippen MR) is 69.1 cm³/mol. The molecule has 1 aromatic carbocycles. The molecule has 0 amide bonds. The van der Waals surface area contributed by atoms with Crippen LogP contribution < -0.4 is 0 Å². The number of nitrogens with zero attached hydrogens (tertiary/aromatic N) is 1. The van der Waals surface area contributed by atoms with Crippen molar-refractivity contribution in [2.45, 2.75) is 26.7 Å². The molecule has 0 spiro atoms. The van der Waals surface area contributed by atoms with Crippen LogP contribution in [0.25, 0.3) is 11.0 Å². The molecule has 3 heteroatoms. The van der Waals surface area contributed by atoms with E-state index in [1.807, 2.05) is 0 Å². The maximum atomic E-state index is 5.74. The number of hydrogen-bond donors (Lipinski definition) is 1. The van der Waals surface area contributed by atoms with Crippen molar-refractivity contribution in [1.29, 1.82) is 0 Å². The second-order valence-electron chi connectivity index (χ2n) is 4.57. The second kappa shape index (κ2) is 4.88. The number of rotatable bonds is 4. The first-order chi connectivity index (χ1) is 7.69. The van der Waals surface area contributed by atoms with Crippen LogP contribution in [0.4, 0.5) is 0 Å². The quantitative estimate of drug-likeness (QED) is 0.809. The van der Waals surface area contributed by atoms with E-state index >= 15 is 0 Å². The number of halogens is 1. The minimum Gasteiger partial charge on any atom is -0.342 e. The number of aromatic amines is 1. The number of alkyl halides is 1. The molecule has 2 rings (SSSR count). The maximum Gasteiger partial charge on any atom is 0.107 e. The van der Waals surface area contributed by atoms with Crippen LogP contribution in [0.2, 0.25) is 0 Å². The Bertz CT molecular complexity index is 474. The number of hydrogen-bond acceptors (Lipinski definition) is 1. The van der Waals surface area contributed by atoms with Gasteiger partial charge in [0.2, 0.25) is 0 Å². The monoisotopic (exact) mass is 236 g/mol. The van der Waals surface area contributed by atoms with Gasteiger partial charge in [-0.15, -0.1) is 11.6 Å². The zero-order valence-corrected chi connectivity index (χ0v) is 10.5. The summed E-state index contributed by atoms with van der Waals surface area (Å²) in [5, 5.41) is 0. The van der Waals surface area contributed by atoms with Crippen LogP contribution in [-0.2, 0) is 12.8 Å². The number of imidazole rings is 1. The Morgan fingerprint density at radius 3 is 2.88 bits per heavy atom. The molecular weight excluding hydrogens is 220 g/mol. The lowest BCUT2D eigenvalue weighted by molar-refractivity contribution is 0.627. The molecule has 1 N–H and O–H groups in total. The zero-order valence-electron chi connectivity index (χ0n) is 9.76. The maximum absolute atomic E-state index is 5.74. The summed E-state index contributed by atoms with van der Waals surface area (Å²) in [5.41, 5.74) is 3.44. The van der Waals surface area contributed by atoms with Gasteiger partial charge in [0, 0.05) is 12.3 Å². The molecule has 0 saturated carbocycles. The number of H-pyrrole nitrogens is 1. The lowest BCUT2D eigenvalue weighted by atomic mass is 10.1. The van der Waals surface area contributed by atoms with Crippen LogP contribution in [0.3, 0.4) is 0 Å². The van der Waals surface area contributed by atoms with Crippen LogP contribution in [0.1, 0.15) is 25.2 Å². The summed E-state index contributed by atoms with van der Waals surface area (Å²) in [6.07, 6.45) is 1.91. The summed E-state index contributed by atoms with van der Waals surface area (Å²) in [7, 11) is 0. The van der Waals surface area contributed by atoms with Crippen LogP contribution in [-0.4, -0.2) is 15.8 Å². The number of benzene rings is 1. The highest BCUT2D eigenvalue weighted by atomic mass is 35.5. The molecule has 1 aromatic heterocycles.